The molecule has 3 N–H and O–H groups in total. The first kappa shape index (κ1) is 26.6. The predicted molar refractivity (Wildman–Crippen MR) is 144 cm³/mol. The van der Waals surface area contributed by atoms with Crippen molar-refractivity contribution < 1.29 is 14.4 Å². The topological polar surface area (TPSA) is 105 Å². The Bertz CT molecular complexity index is 1180. The van der Waals surface area contributed by atoms with E-state index in [1.807, 2.05) is 75.4 Å². The summed E-state index contributed by atoms with van der Waals surface area (Å²) in [4.78, 5) is 46.0. The molecule has 2 aromatic rings. The fourth-order valence-corrected chi connectivity index (χ4v) is 4.39. The number of nitrogens with two attached hydrogens (primary N) is 1. The van der Waals surface area contributed by atoms with Crippen molar-refractivity contribution in [1.29, 1.82) is 0 Å². The van der Waals surface area contributed by atoms with E-state index >= 15 is 0 Å². The molecule has 0 aromatic heterocycles. The van der Waals surface area contributed by atoms with Gasteiger partial charge in [0.05, 0.1) is 23.2 Å². The van der Waals surface area contributed by atoms with Crippen molar-refractivity contribution in [3.05, 3.63) is 90.0 Å². The van der Waals surface area contributed by atoms with Crippen LogP contribution >= 0.6 is 0 Å². The van der Waals surface area contributed by atoms with Gasteiger partial charge in [-0.05, 0) is 32.8 Å². The first-order valence-corrected chi connectivity index (χ1v) is 12.2. The number of nitrogens with zero attached hydrogens (tertiary/aromatic N) is 2. The number of rotatable bonds is 10. The summed E-state index contributed by atoms with van der Waals surface area (Å²) in [6, 6.07) is 17.2. The fraction of sp³-hybridized carbons (Fsp3) is 0.310. The van der Waals surface area contributed by atoms with E-state index in [1.165, 1.54) is 0 Å². The van der Waals surface area contributed by atoms with Crippen molar-refractivity contribution in [2.75, 3.05) is 11.4 Å². The van der Waals surface area contributed by atoms with Gasteiger partial charge in [0.1, 0.15) is 0 Å². The van der Waals surface area contributed by atoms with Gasteiger partial charge in [0.25, 0.3) is 5.91 Å². The molecule has 0 spiro atoms. The number of benzene rings is 2. The molecule has 0 radical (unpaired) electrons. The van der Waals surface area contributed by atoms with Gasteiger partial charge in [0.2, 0.25) is 18.0 Å². The number of hydrogen-bond acceptors (Lipinski definition) is 4. The molecular weight excluding hydrogens is 452 g/mol. The summed E-state index contributed by atoms with van der Waals surface area (Å²) >= 11 is 0. The van der Waals surface area contributed by atoms with Gasteiger partial charge in [0.15, 0.2) is 0 Å². The van der Waals surface area contributed by atoms with E-state index in [2.05, 4.69) is 11.9 Å². The monoisotopic (exact) mass is 486 g/mol. The zero-order chi connectivity index (χ0) is 26.2. The van der Waals surface area contributed by atoms with Crippen molar-refractivity contribution in [2.45, 2.75) is 39.8 Å². The molecule has 3 atom stereocenters. The van der Waals surface area contributed by atoms with E-state index in [4.69, 9.17) is 10.7 Å². The molecule has 1 aliphatic rings. The van der Waals surface area contributed by atoms with Gasteiger partial charge in [-0.25, -0.2) is 4.99 Å². The molecule has 188 valence electrons. The summed E-state index contributed by atoms with van der Waals surface area (Å²) in [5.41, 5.74) is 9.49. The second-order valence-corrected chi connectivity index (χ2v) is 9.06. The molecule has 3 amide bonds. The molecule has 2 aromatic carbocycles. The molecule has 0 fully saturated rings. The van der Waals surface area contributed by atoms with Gasteiger partial charge in [-0.2, -0.15) is 0 Å². The van der Waals surface area contributed by atoms with Gasteiger partial charge in [-0.3, -0.25) is 14.4 Å². The quantitative estimate of drug-likeness (QED) is 0.496. The van der Waals surface area contributed by atoms with Gasteiger partial charge < -0.3 is 16.0 Å². The Morgan fingerprint density at radius 1 is 1.14 bits per heavy atom. The lowest BCUT2D eigenvalue weighted by molar-refractivity contribution is -0.133. The van der Waals surface area contributed by atoms with Crippen LogP contribution in [0.3, 0.4) is 0 Å². The van der Waals surface area contributed by atoms with Crippen LogP contribution in [0.2, 0.25) is 0 Å². The average molecular weight is 487 g/mol. The zero-order valence-corrected chi connectivity index (χ0v) is 21.1. The van der Waals surface area contributed by atoms with Crippen LogP contribution in [0.25, 0.3) is 0 Å². The summed E-state index contributed by atoms with van der Waals surface area (Å²) < 4.78 is 0. The maximum absolute atomic E-state index is 13.8. The Morgan fingerprint density at radius 2 is 1.81 bits per heavy atom. The minimum atomic E-state index is -1.17. The number of carbonyl (C=O) groups is 3. The van der Waals surface area contributed by atoms with E-state index < -0.39 is 29.8 Å². The smallest absolute Gasteiger partial charge is 0.272 e. The minimum absolute atomic E-state index is 0.238. The van der Waals surface area contributed by atoms with E-state index in [9.17, 15) is 14.4 Å². The molecule has 7 nitrogen and oxygen atoms in total. The summed E-state index contributed by atoms with van der Waals surface area (Å²) in [6.07, 6.45) is 3.07. The van der Waals surface area contributed by atoms with Gasteiger partial charge in [0, 0.05) is 17.7 Å². The Morgan fingerprint density at radius 3 is 2.42 bits per heavy atom. The molecule has 36 heavy (non-hydrogen) atoms. The maximum atomic E-state index is 13.8. The molecule has 0 unspecified atom stereocenters. The molecule has 3 rings (SSSR count). The number of nitrogens with one attached hydrogen (secondary N) is 1. The van der Waals surface area contributed by atoms with Gasteiger partial charge in [-0.15, -0.1) is 6.58 Å². The number of fused-ring (bicyclic) bond motifs is 1. The lowest BCUT2D eigenvalue weighted by Crippen LogP contribution is -2.50. The highest BCUT2D eigenvalue weighted by Gasteiger charge is 2.36. The van der Waals surface area contributed by atoms with Crippen LogP contribution in [0.5, 0.6) is 0 Å². The molecular formula is C29H34N4O3. The predicted octanol–water partition coefficient (Wildman–Crippen LogP) is 3.98. The first-order chi connectivity index (χ1) is 17.3. The van der Waals surface area contributed by atoms with Crippen molar-refractivity contribution >= 4 is 29.1 Å². The Balaban J connectivity index is 2.11. The number of para-hydroxylation sites is 1. The number of aliphatic imine (C=N–C) groups is 1. The normalized spacial score (nSPS) is 16.6. The minimum Gasteiger partial charge on any atom is -0.369 e. The van der Waals surface area contributed by atoms with Gasteiger partial charge in [-0.1, -0.05) is 73.2 Å². The lowest BCUT2D eigenvalue weighted by Gasteiger charge is -2.27. The molecule has 7 heteroatoms. The summed E-state index contributed by atoms with van der Waals surface area (Å²) in [6.45, 7) is 9.84. The molecule has 0 bridgehead atoms. The van der Waals surface area contributed by atoms with E-state index in [-0.39, 0.29) is 12.3 Å². The van der Waals surface area contributed by atoms with E-state index in [1.54, 1.807) is 17.1 Å². The second-order valence-electron chi connectivity index (χ2n) is 9.06. The van der Waals surface area contributed by atoms with E-state index in [0.717, 1.165) is 28.8 Å². The molecule has 1 heterocycles. The number of anilines is 1. The van der Waals surface area contributed by atoms with Crippen molar-refractivity contribution in [3.63, 3.8) is 0 Å². The van der Waals surface area contributed by atoms with Crippen LogP contribution in [0.1, 0.15) is 44.7 Å². The zero-order valence-electron chi connectivity index (χ0n) is 21.1. The maximum Gasteiger partial charge on any atom is 0.272 e. The number of hydrogen-bond donors (Lipinski definition) is 2. The highest BCUT2D eigenvalue weighted by Crippen LogP contribution is 2.29. The first-order valence-electron chi connectivity index (χ1n) is 12.2. The Hall–Kier alpha value is -4.00. The van der Waals surface area contributed by atoms with Crippen molar-refractivity contribution in [1.82, 2.24) is 5.32 Å². The third-order valence-corrected chi connectivity index (χ3v) is 6.02. The van der Waals surface area contributed by atoms with Crippen molar-refractivity contribution in [2.24, 2.45) is 22.6 Å². The number of allylic oxidation sites excluding steroid dienone is 2. The SMILES string of the molecule is C=CC[C@H](C(N)=O)[C@@H](C=C(C)C)C(=O)N[C@H]1N=C(c2ccccc2)c2ccccc2N(CCC)C1=O. The lowest BCUT2D eigenvalue weighted by atomic mass is 9.86. The van der Waals surface area contributed by atoms with E-state index in [0.29, 0.717) is 12.3 Å². The molecule has 0 aliphatic carbocycles. The summed E-state index contributed by atoms with van der Waals surface area (Å²) in [5, 5.41) is 2.83. The third-order valence-electron chi connectivity index (χ3n) is 6.02. The number of primary amides is 1. The van der Waals surface area contributed by atoms with Crippen LogP contribution in [0.15, 0.2) is 83.9 Å². The highest BCUT2D eigenvalue weighted by molar-refractivity contribution is 6.20. The standard InChI is InChI=1S/C29H34N4O3/c1-5-12-21(26(30)34)23(18-19(3)4)28(35)32-27-29(36)33(17-6-2)24-16-11-10-15-22(24)25(31-27)20-13-8-7-9-14-20/h5,7-11,13-16,18,21,23,27H,1,6,12,17H2,2-4H3,(H2,30,34)(H,32,35)/t21-,23+,27+/m0/s1. The fourth-order valence-electron chi connectivity index (χ4n) is 4.39. The summed E-state index contributed by atoms with van der Waals surface area (Å²) in [5.74, 6) is -3.08. The van der Waals surface area contributed by atoms with Crippen molar-refractivity contribution in [3.8, 4) is 0 Å². The Kier molecular flexibility index (Phi) is 8.95. The third kappa shape index (κ3) is 5.97. The number of benzodiazepines with no additional fused rings is 1. The van der Waals surface area contributed by atoms with Crippen LogP contribution in [0.4, 0.5) is 5.69 Å². The number of amides is 3. The molecule has 0 saturated heterocycles. The number of carbonyl (C=O) groups excluding carboxylic acids is 3. The average Bonchev–Trinajstić information content (AvgIpc) is 2.97. The van der Waals surface area contributed by atoms with Gasteiger partial charge >= 0.3 is 0 Å². The highest BCUT2D eigenvalue weighted by atomic mass is 16.2. The summed E-state index contributed by atoms with van der Waals surface area (Å²) in [7, 11) is 0. The molecule has 1 aliphatic heterocycles. The largest absolute Gasteiger partial charge is 0.369 e. The molecule has 0 saturated carbocycles. The van der Waals surface area contributed by atoms with Crippen LogP contribution < -0.4 is 16.0 Å². The van der Waals surface area contributed by atoms with Crippen LogP contribution in [-0.4, -0.2) is 36.1 Å². The second kappa shape index (κ2) is 12.1. The van der Waals surface area contributed by atoms with Crippen LogP contribution in [-0.2, 0) is 14.4 Å². The Labute approximate surface area is 212 Å². The van der Waals surface area contributed by atoms with Crippen LogP contribution in [0, 0.1) is 11.8 Å².